The average molecular weight is 379 g/mol. The summed E-state index contributed by atoms with van der Waals surface area (Å²) < 4.78 is 5.60. The lowest BCUT2D eigenvalue weighted by Gasteiger charge is -2.07. The monoisotopic (exact) mass is 378 g/mol. The molecule has 2 aromatic rings. The second kappa shape index (κ2) is 7.50. The highest BCUT2D eigenvalue weighted by Gasteiger charge is 2.21. The minimum absolute atomic E-state index is 0.201. The van der Waals surface area contributed by atoms with Gasteiger partial charge in [0.25, 0.3) is 11.6 Å². The molecule has 0 saturated heterocycles. The van der Waals surface area contributed by atoms with Crippen molar-refractivity contribution in [2.75, 3.05) is 11.9 Å². The number of nitro groups is 1. The summed E-state index contributed by atoms with van der Waals surface area (Å²) in [6.07, 6.45) is 0. The van der Waals surface area contributed by atoms with Gasteiger partial charge in [0.15, 0.2) is 6.61 Å². The number of benzene rings is 2. The lowest BCUT2D eigenvalue weighted by molar-refractivity contribution is -0.385. The van der Waals surface area contributed by atoms with Crippen molar-refractivity contribution in [1.82, 2.24) is 0 Å². The molecule has 0 fully saturated rings. The van der Waals surface area contributed by atoms with Crippen molar-refractivity contribution in [3.8, 4) is 0 Å². The van der Waals surface area contributed by atoms with Crippen LogP contribution in [0.1, 0.15) is 10.4 Å². The number of hydrogen-bond acceptors (Lipinski definition) is 5. The zero-order chi connectivity index (χ0) is 16.8. The van der Waals surface area contributed by atoms with Gasteiger partial charge in [-0.25, -0.2) is 4.79 Å². The standard InChI is InChI=1S/C15H11BrN2O5/c16-10-4-3-5-11(8-10)17-14(19)9-23-15(20)12-6-1-2-7-13(12)18(21)22/h1-8H,9H2,(H,17,19). The quantitative estimate of drug-likeness (QED) is 0.489. The molecule has 0 atom stereocenters. The van der Waals surface area contributed by atoms with Crippen LogP contribution in [0.25, 0.3) is 0 Å². The van der Waals surface area contributed by atoms with E-state index < -0.39 is 23.4 Å². The molecule has 0 spiro atoms. The lowest BCUT2D eigenvalue weighted by Crippen LogP contribution is -2.21. The molecule has 118 valence electrons. The van der Waals surface area contributed by atoms with E-state index in [9.17, 15) is 19.7 Å². The summed E-state index contributed by atoms with van der Waals surface area (Å²) in [4.78, 5) is 33.8. The number of halogens is 1. The first-order valence-electron chi connectivity index (χ1n) is 6.43. The molecule has 1 N–H and O–H groups in total. The zero-order valence-corrected chi connectivity index (χ0v) is 13.3. The maximum Gasteiger partial charge on any atom is 0.345 e. The largest absolute Gasteiger partial charge is 0.452 e. The SMILES string of the molecule is O=C(COC(=O)c1ccccc1[N+](=O)[O-])Nc1cccc(Br)c1. The van der Waals surface area contributed by atoms with Gasteiger partial charge in [-0.15, -0.1) is 0 Å². The van der Waals surface area contributed by atoms with Gasteiger partial charge in [-0.3, -0.25) is 14.9 Å². The van der Waals surface area contributed by atoms with Crippen molar-refractivity contribution in [2.24, 2.45) is 0 Å². The van der Waals surface area contributed by atoms with Crippen LogP contribution in [0.5, 0.6) is 0 Å². The van der Waals surface area contributed by atoms with Gasteiger partial charge in [0.1, 0.15) is 5.56 Å². The molecule has 0 aromatic heterocycles. The van der Waals surface area contributed by atoms with Crippen molar-refractivity contribution in [2.45, 2.75) is 0 Å². The van der Waals surface area contributed by atoms with Gasteiger partial charge in [-0.1, -0.05) is 34.1 Å². The van der Waals surface area contributed by atoms with Crippen molar-refractivity contribution in [1.29, 1.82) is 0 Å². The van der Waals surface area contributed by atoms with Gasteiger partial charge in [0.2, 0.25) is 0 Å². The van der Waals surface area contributed by atoms with E-state index in [1.807, 2.05) is 0 Å². The molecule has 0 aliphatic heterocycles. The maximum absolute atomic E-state index is 11.9. The third-order valence-corrected chi connectivity index (χ3v) is 3.26. The summed E-state index contributed by atoms with van der Waals surface area (Å²) in [6.45, 7) is -0.544. The first-order chi connectivity index (χ1) is 11.0. The van der Waals surface area contributed by atoms with Gasteiger partial charge in [-0.05, 0) is 24.3 Å². The van der Waals surface area contributed by atoms with Gasteiger partial charge in [0.05, 0.1) is 4.92 Å². The van der Waals surface area contributed by atoms with Crippen LogP contribution >= 0.6 is 15.9 Å². The molecule has 0 aliphatic carbocycles. The van der Waals surface area contributed by atoms with Crippen LogP contribution in [-0.2, 0) is 9.53 Å². The molecular formula is C15H11BrN2O5. The van der Waals surface area contributed by atoms with Crippen LogP contribution < -0.4 is 5.32 Å². The van der Waals surface area contributed by atoms with Gasteiger partial charge < -0.3 is 10.1 Å². The fraction of sp³-hybridized carbons (Fsp3) is 0.0667. The predicted molar refractivity (Wildman–Crippen MR) is 86.2 cm³/mol. The number of amides is 1. The Labute approximate surface area is 139 Å². The number of rotatable bonds is 5. The molecule has 0 saturated carbocycles. The second-order valence-electron chi connectivity index (χ2n) is 4.41. The molecule has 8 heteroatoms. The lowest BCUT2D eigenvalue weighted by atomic mass is 10.2. The number of anilines is 1. The van der Waals surface area contributed by atoms with Gasteiger partial charge in [-0.2, -0.15) is 0 Å². The number of esters is 1. The van der Waals surface area contributed by atoms with Gasteiger partial charge >= 0.3 is 5.97 Å². The number of para-hydroxylation sites is 1. The van der Waals surface area contributed by atoms with E-state index in [-0.39, 0.29) is 11.3 Å². The summed E-state index contributed by atoms with van der Waals surface area (Å²) in [7, 11) is 0. The zero-order valence-electron chi connectivity index (χ0n) is 11.7. The van der Waals surface area contributed by atoms with Crippen LogP contribution in [-0.4, -0.2) is 23.4 Å². The molecule has 0 bridgehead atoms. The fourth-order valence-corrected chi connectivity index (χ4v) is 2.18. The highest BCUT2D eigenvalue weighted by Crippen LogP contribution is 2.19. The summed E-state index contributed by atoms with van der Waals surface area (Å²) in [5.74, 6) is -1.48. The molecule has 1 amide bonds. The number of nitro benzene ring substituents is 1. The van der Waals surface area contributed by atoms with Crippen LogP contribution in [0.15, 0.2) is 53.0 Å². The van der Waals surface area contributed by atoms with Crippen LogP contribution in [0.2, 0.25) is 0 Å². The Bertz CT molecular complexity index is 763. The minimum atomic E-state index is -0.929. The molecule has 0 heterocycles. The van der Waals surface area contributed by atoms with Crippen molar-refractivity contribution >= 4 is 39.2 Å². The first-order valence-corrected chi connectivity index (χ1v) is 7.22. The number of hydrogen-bond donors (Lipinski definition) is 1. The fourth-order valence-electron chi connectivity index (χ4n) is 1.78. The highest BCUT2D eigenvalue weighted by molar-refractivity contribution is 9.10. The molecular weight excluding hydrogens is 368 g/mol. The van der Waals surface area contributed by atoms with Crippen molar-refractivity contribution in [3.63, 3.8) is 0 Å². The molecule has 23 heavy (non-hydrogen) atoms. The number of carbonyl (C=O) groups is 2. The van der Waals surface area contributed by atoms with Crippen LogP contribution in [0, 0.1) is 10.1 Å². The highest BCUT2D eigenvalue weighted by atomic mass is 79.9. The van der Waals surface area contributed by atoms with E-state index in [4.69, 9.17) is 4.74 Å². The number of ether oxygens (including phenoxy) is 1. The normalized spacial score (nSPS) is 9.96. The van der Waals surface area contributed by atoms with E-state index in [2.05, 4.69) is 21.2 Å². The Morgan fingerprint density at radius 1 is 1.17 bits per heavy atom. The molecule has 2 aromatic carbocycles. The number of carbonyl (C=O) groups excluding carboxylic acids is 2. The Kier molecular flexibility index (Phi) is 5.42. The third kappa shape index (κ3) is 4.62. The summed E-state index contributed by atoms with van der Waals surface area (Å²) >= 11 is 3.27. The van der Waals surface area contributed by atoms with E-state index in [0.29, 0.717) is 5.69 Å². The van der Waals surface area contributed by atoms with Crippen molar-refractivity contribution < 1.29 is 19.2 Å². The van der Waals surface area contributed by atoms with Crippen LogP contribution in [0.3, 0.4) is 0 Å². The van der Waals surface area contributed by atoms with E-state index in [1.165, 1.54) is 24.3 Å². The second-order valence-corrected chi connectivity index (χ2v) is 5.32. The van der Waals surface area contributed by atoms with E-state index in [0.717, 1.165) is 4.47 Å². The predicted octanol–water partition coefficient (Wildman–Crippen LogP) is 3.15. The third-order valence-electron chi connectivity index (χ3n) is 2.76. The summed E-state index contributed by atoms with van der Waals surface area (Å²) in [6, 6.07) is 12.3. The summed E-state index contributed by atoms with van der Waals surface area (Å²) in [5, 5.41) is 13.4. The molecule has 7 nitrogen and oxygen atoms in total. The van der Waals surface area contributed by atoms with E-state index in [1.54, 1.807) is 24.3 Å². The Morgan fingerprint density at radius 2 is 1.91 bits per heavy atom. The van der Waals surface area contributed by atoms with Crippen LogP contribution in [0.4, 0.5) is 11.4 Å². The molecule has 0 aliphatic rings. The first kappa shape index (κ1) is 16.6. The number of nitrogens with zero attached hydrogens (tertiary/aromatic N) is 1. The molecule has 2 rings (SSSR count). The van der Waals surface area contributed by atoms with E-state index >= 15 is 0 Å². The smallest absolute Gasteiger partial charge is 0.345 e. The Balaban J connectivity index is 1.97. The molecule has 0 radical (unpaired) electrons. The van der Waals surface area contributed by atoms with Gasteiger partial charge in [0, 0.05) is 16.2 Å². The maximum atomic E-state index is 11.9. The molecule has 0 unspecified atom stereocenters. The summed E-state index contributed by atoms with van der Waals surface area (Å²) in [5.41, 5.74) is -0.0382. The van der Waals surface area contributed by atoms with Crippen molar-refractivity contribution in [3.05, 3.63) is 68.7 Å². The average Bonchev–Trinajstić information content (AvgIpc) is 2.52. The number of nitrogens with one attached hydrogen (secondary N) is 1. The Morgan fingerprint density at radius 3 is 2.61 bits per heavy atom. The Hall–Kier alpha value is -2.74. The topological polar surface area (TPSA) is 98.5 Å². The minimum Gasteiger partial charge on any atom is -0.452 e.